The van der Waals surface area contributed by atoms with E-state index in [9.17, 15) is 34.8 Å². The van der Waals surface area contributed by atoms with E-state index in [1.54, 1.807) is 12.1 Å². The lowest BCUT2D eigenvalue weighted by atomic mass is 10.1. The average Bonchev–Trinajstić information content (AvgIpc) is 3.41. The molecule has 1 saturated heterocycles. The molecule has 0 radical (unpaired) electrons. The highest BCUT2D eigenvalue weighted by Gasteiger charge is 2.38. The number of hydrogen-bond acceptors (Lipinski definition) is 6. The van der Waals surface area contributed by atoms with Crippen molar-refractivity contribution in [3.63, 3.8) is 0 Å². The van der Waals surface area contributed by atoms with Crippen LogP contribution in [0.4, 0.5) is 26.3 Å². The minimum atomic E-state index is -5.08. The number of alkyl halides is 6. The quantitative estimate of drug-likeness (QED) is 0.369. The van der Waals surface area contributed by atoms with Gasteiger partial charge in [-0.1, -0.05) is 0 Å². The van der Waals surface area contributed by atoms with Gasteiger partial charge in [0.2, 0.25) is 10.0 Å². The number of pyridine rings is 1. The number of aromatic nitrogens is 2. The number of sulfonamides is 1. The number of aliphatic carboxylic acids is 1. The van der Waals surface area contributed by atoms with Gasteiger partial charge in [0, 0.05) is 28.1 Å². The number of carboxylic acid groups (broad SMARTS) is 1. The predicted molar refractivity (Wildman–Crippen MR) is 114 cm³/mol. The molecule has 1 fully saturated rings. The number of fused-ring (bicyclic) bond motifs is 1. The van der Waals surface area contributed by atoms with Gasteiger partial charge in [-0.15, -0.1) is 11.3 Å². The van der Waals surface area contributed by atoms with Crippen molar-refractivity contribution in [3.05, 3.63) is 36.2 Å². The van der Waals surface area contributed by atoms with Gasteiger partial charge >= 0.3 is 18.3 Å². The smallest absolute Gasteiger partial charge is 0.475 e. The second-order valence-electron chi connectivity index (χ2n) is 7.37. The van der Waals surface area contributed by atoms with Crippen molar-refractivity contribution in [2.45, 2.75) is 35.4 Å². The minimum Gasteiger partial charge on any atom is -0.475 e. The first-order valence-corrected chi connectivity index (χ1v) is 12.2. The summed E-state index contributed by atoms with van der Waals surface area (Å²) < 4.78 is 98.9. The van der Waals surface area contributed by atoms with Gasteiger partial charge in [0.1, 0.15) is 15.6 Å². The third-order valence-electron chi connectivity index (χ3n) is 4.85. The van der Waals surface area contributed by atoms with Crippen molar-refractivity contribution in [1.29, 1.82) is 0 Å². The van der Waals surface area contributed by atoms with Crippen molar-refractivity contribution in [1.82, 2.24) is 20.0 Å². The SMILES string of the molecule is O=C(O)C(F)(F)F.O=S(=O)(NC1CCNCC1)c1ccc(-c2ccnc3[nH]c(C(F)(F)F)cc23)s1. The van der Waals surface area contributed by atoms with Gasteiger partial charge in [0.15, 0.2) is 0 Å². The molecule has 4 N–H and O–H groups in total. The van der Waals surface area contributed by atoms with Crippen LogP contribution in [0, 0.1) is 0 Å². The number of carboxylic acids is 1. The summed E-state index contributed by atoms with van der Waals surface area (Å²) >= 11 is 1.02. The molecule has 0 bridgehead atoms. The standard InChI is InChI=1S/C17H17F3N4O2S2.C2HF3O2/c18-17(19,20)14-9-12-11(5-8-22-16(12)23-14)13-1-2-15(27-13)28(25,26)24-10-3-6-21-7-4-10;3-2(4,5)1(6)7/h1-2,5,8-10,21,24H,3-4,6-7H2,(H,22,23);(H,6,7). The Morgan fingerprint density at radius 3 is 2.31 bits per heavy atom. The van der Waals surface area contributed by atoms with Gasteiger partial charge in [0.25, 0.3) is 0 Å². The third kappa shape index (κ3) is 6.71. The molecule has 0 aromatic carbocycles. The highest BCUT2D eigenvalue weighted by atomic mass is 32.2. The van der Waals surface area contributed by atoms with Gasteiger partial charge in [-0.05, 0) is 50.2 Å². The molecule has 0 amide bonds. The molecule has 0 spiro atoms. The van der Waals surface area contributed by atoms with Crippen LogP contribution in [-0.2, 0) is 21.0 Å². The van der Waals surface area contributed by atoms with E-state index in [1.807, 2.05) is 0 Å². The number of halogens is 6. The van der Waals surface area contributed by atoms with E-state index >= 15 is 0 Å². The Kier molecular flexibility index (Phi) is 7.78. The molecule has 4 rings (SSSR count). The predicted octanol–water partition coefficient (Wildman–Crippen LogP) is 3.97. The molecule has 1 aliphatic heterocycles. The lowest BCUT2D eigenvalue weighted by Gasteiger charge is -2.23. The lowest BCUT2D eigenvalue weighted by molar-refractivity contribution is -0.192. The molecule has 0 atom stereocenters. The van der Waals surface area contributed by atoms with Crippen LogP contribution in [0.3, 0.4) is 0 Å². The number of nitrogens with one attached hydrogen (secondary N) is 3. The van der Waals surface area contributed by atoms with Crippen LogP contribution < -0.4 is 10.0 Å². The van der Waals surface area contributed by atoms with Crippen LogP contribution in [0.5, 0.6) is 0 Å². The number of thiophene rings is 1. The third-order valence-corrected chi connectivity index (χ3v) is 7.98. The van der Waals surface area contributed by atoms with Crippen molar-refractivity contribution >= 4 is 38.4 Å². The fraction of sp³-hybridized carbons (Fsp3) is 0.368. The number of carbonyl (C=O) groups is 1. The van der Waals surface area contributed by atoms with E-state index in [2.05, 4.69) is 20.0 Å². The summed E-state index contributed by atoms with van der Waals surface area (Å²) in [5.74, 6) is -2.76. The number of piperidine rings is 1. The summed E-state index contributed by atoms with van der Waals surface area (Å²) in [6.45, 7) is 1.51. The summed E-state index contributed by atoms with van der Waals surface area (Å²) in [7, 11) is -3.68. The molecule has 1 aliphatic rings. The Bertz CT molecular complexity index is 1290. The maximum atomic E-state index is 13.0. The molecule has 192 valence electrons. The average molecular weight is 544 g/mol. The molecule has 16 heteroatoms. The Hall–Kier alpha value is -2.69. The molecule has 35 heavy (non-hydrogen) atoms. The monoisotopic (exact) mass is 544 g/mol. The Morgan fingerprint density at radius 1 is 1.11 bits per heavy atom. The first-order valence-electron chi connectivity index (χ1n) is 9.87. The zero-order chi connectivity index (χ0) is 26.0. The largest absolute Gasteiger partial charge is 0.490 e. The Morgan fingerprint density at radius 2 is 1.74 bits per heavy atom. The zero-order valence-electron chi connectivity index (χ0n) is 17.5. The second-order valence-corrected chi connectivity index (χ2v) is 10.4. The topological polar surface area (TPSA) is 124 Å². The van der Waals surface area contributed by atoms with Crippen molar-refractivity contribution in [2.75, 3.05) is 13.1 Å². The number of rotatable bonds is 4. The van der Waals surface area contributed by atoms with Crippen LogP contribution in [-0.4, -0.2) is 54.8 Å². The fourth-order valence-corrected chi connectivity index (χ4v) is 5.89. The summed E-state index contributed by atoms with van der Waals surface area (Å²) in [5.41, 5.74) is -0.278. The van der Waals surface area contributed by atoms with Crippen LogP contribution >= 0.6 is 11.3 Å². The van der Waals surface area contributed by atoms with Crippen molar-refractivity contribution < 1.29 is 44.7 Å². The lowest BCUT2D eigenvalue weighted by Crippen LogP contribution is -2.42. The molecule has 3 aromatic rings. The highest BCUT2D eigenvalue weighted by Crippen LogP contribution is 2.37. The van der Waals surface area contributed by atoms with Crippen molar-refractivity contribution in [2.24, 2.45) is 0 Å². The van der Waals surface area contributed by atoms with Gasteiger partial charge in [-0.2, -0.15) is 26.3 Å². The maximum Gasteiger partial charge on any atom is 0.490 e. The molecule has 4 heterocycles. The molecule has 0 aliphatic carbocycles. The number of hydrogen-bond donors (Lipinski definition) is 4. The van der Waals surface area contributed by atoms with Crippen LogP contribution in [0.2, 0.25) is 0 Å². The van der Waals surface area contributed by atoms with Gasteiger partial charge in [-0.3, -0.25) is 0 Å². The number of H-pyrrole nitrogens is 1. The Balaban J connectivity index is 0.000000429. The summed E-state index contributed by atoms with van der Waals surface area (Å²) in [5, 5.41) is 10.6. The van der Waals surface area contributed by atoms with Crippen LogP contribution in [0.1, 0.15) is 18.5 Å². The van der Waals surface area contributed by atoms with E-state index in [4.69, 9.17) is 9.90 Å². The molecule has 0 saturated carbocycles. The first kappa shape index (κ1) is 26.9. The van der Waals surface area contributed by atoms with E-state index in [0.29, 0.717) is 28.7 Å². The fourth-order valence-electron chi connectivity index (χ4n) is 3.22. The van der Waals surface area contributed by atoms with Gasteiger partial charge < -0.3 is 15.4 Å². The number of aromatic amines is 1. The van der Waals surface area contributed by atoms with Gasteiger partial charge in [-0.25, -0.2) is 22.9 Å². The van der Waals surface area contributed by atoms with Crippen LogP contribution in [0.25, 0.3) is 21.5 Å². The van der Waals surface area contributed by atoms with Gasteiger partial charge in [0.05, 0.1) is 0 Å². The normalized spacial score (nSPS) is 15.6. The molecular weight excluding hydrogens is 526 g/mol. The minimum absolute atomic E-state index is 0.107. The van der Waals surface area contributed by atoms with E-state index < -0.39 is 34.0 Å². The molecule has 0 unspecified atom stereocenters. The van der Waals surface area contributed by atoms with E-state index in [0.717, 1.165) is 30.5 Å². The summed E-state index contributed by atoms with van der Waals surface area (Å²) in [4.78, 5) is 15.7. The highest BCUT2D eigenvalue weighted by molar-refractivity contribution is 7.91. The summed E-state index contributed by atoms with van der Waals surface area (Å²) in [6.07, 6.45) is -6.77. The molecule has 3 aromatic heterocycles. The molecular formula is C19H18F6N4O4S2. The van der Waals surface area contributed by atoms with E-state index in [1.165, 1.54) is 12.3 Å². The summed E-state index contributed by atoms with van der Waals surface area (Å²) in [6, 6.07) is 5.55. The zero-order valence-corrected chi connectivity index (χ0v) is 19.1. The van der Waals surface area contributed by atoms with E-state index in [-0.39, 0.29) is 15.9 Å². The second kappa shape index (κ2) is 10.1. The number of nitrogens with zero attached hydrogens (tertiary/aromatic N) is 1. The maximum absolute atomic E-state index is 13.0. The Labute approximate surface area is 198 Å². The van der Waals surface area contributed by atoms with Crippen LogP contribution in [0.15, 0.2) is 34.7 Å². The molecule has 8 nitrogen and oxygen atoms in total. The first-order chi connectivity index (χ1) is 16.2. The van der Waals surface area contributed by atoms with Crippen molar-refractivity contribution in [3.8, 4) is 10.4 Å².